The van der Waals surface area contributed by atoms with E-state index >= 15 is 0 Å². The van der Waals surface area contributed by atoms with Gasteiger partial charge in [-0.3, -0.25) is 0 Å². The molecule has 0 fully saturated rings. The van der Waals surface area contributed by atoms with E-state index < -0.39 is 18.2 Å². The molecule has 0 saturated heterocycles. The lowest BCUT2D eigenvalue weighted by Crippen LogP contribution is -2.14. The fraction of sp³-hybridized carbons (Fsp3) is 0.333. The second-order valence-corrected chi connectivity index (χ2v) is 3.57. The first-order chi connectivity index (χ1) is 6.31. The lowest BCUT2D eigenvalue weighted by Gasteiger charge is -2.12. The van der Waals surface area contributed by atoms with E-state index in [1.165, 1.54) is 12.1 Å². The van der Waals surface area contributed by atoms with Gasteiger partial charge in [-0.05, 0) is 18.6 Å². The molecule has 0 unspecified atom stereocenters. The molecule has 0 aliphatic heterocycles. The van der Waals surface area contributed by atoms with E-state index in [1.54, 1.807) is 0 Å². The molecule has 0 saturated carbocycles. The number of hydrogen-bond acceptors (Lipinski definition) is 1. The van der Waals surface area contributed by atoms with Gasteiger partial charge in [-0.1, -0.05) is 17.7 Å². The summed E-state index contributed by atoms with van der Waals surface area (Å²) in [6.45, 7) is 0.748. The largest absolute Gasteiger partial charge is 0.396 e. The van der Waals surface area contributed by atoms with Gasteiger partial charge in [-0.2, -0.15) is 0 Å². The van der Waals surface area contributed by atoms with Crippen molar-refractivity contribution >= 4 is 17.3 Å². The summed E-state index contributed by atoms with van der Waals surface area (Å²) in [6.07, 6.45) is -0.594. The Morgan fingerprint density at radius 2 is 2.00 bits per heavy atom. The van der Waals surface area contributed by atoms with Crippen LogP contribution in [0.15, 0.2) is 12.1 Å². The average Bonchev–Trinajstić information content (AvgIpc) is 2.04. The van der Waals surface area contributed by atoms with Crippen molar-refractivity contribution in [3.05, 3.63) is 28.5 Å². The van der Waals surface area contributed by atoms with Gasteiger partial charge in [0.05, 0.1) is 10.7 Å². The molecular formula is C9H9ClF3N. The molecule has 0 bridgehead atoms. The lowest BCUT2D eigenvalue weighted by molar-refractivity contribution is 0.0226. The van der Waals surface area contributed by atoms with E-state index in [1.807, 2.05) is 0 Å². The summed E-state index contributed by atoms with van der Waals surface area (Å²) in [5, 5.41) is -0.327. The summed E-state index contributed by atoms with van der Waals surface area (Å²) in [5.41, 5.74) is 5.13. The molecule has 0 radical (unpaired) electrons. The summed E-state index contributed by atoms with van der Waals surface area (Å²) in [4.78, 5) is 0. The Morgan fingerprint density at radius 3 is 2.50 bits per heavy atom. The van der Waals surface area contributed by atoms with Gasteiger partial charge in [0.15, 0.2) is 5.82 Å². The Hall–Kier alpha value is -0.900. The number of nitrogen functional groups attached to an aromatic ring is 1. The van der Waals surface area contributed by atoms with Crippen molar-refractivity contribution in [1.82, 2.24) is 0 Å². The number of halogens is 4. The summed E-state index contributed by atoms with van der Waals surface area (Å²) >= 11 is 5.52. The van der Waals surface area contributed by atoms with E-state index in [-0.39, 0.29) is 16.3 Å². The van der Waals surface area contributed by atoms with E-state index in [0.29, 0.717) is 0 Å². The second kappa shape index (κ2) is 3.69. The first-order valence-electron chi connectivity index (χ1n) is 3.91. The summed E-state index contributed by atoms with van der Waals surface area (Å²) < 4.78 is 38.3. The van der Waals surface area contributed by atoms with Crippen molar-refractivity contribution in [2.24, 2.45) is 0 Å². The molecule has 0 aromatic heterocycles. The topological polar surface area (TPSA) is 26.0 Å². The molecule has 1 rings (SSSR count). The van der Waals surface area contributed by atoms with Crippen molar-refractivity contribution in [2.75, 3.05) is 5.73 Å². The smallest absolute Gasteiger partial charge is 0.249 e. The molecule has 0 aliphatic carbocycles. The third-order valence-electron chi connectivity index (χ3n) is 1.69. The van der Waals surface area contributed by atoms with Crippen LogP contribution in [0.2, 0.25) is 5.02 Å². The monoisotopic (exact) mass is 223 g/mol. The van der Waals surface area contributed by atoms with Gasteiger partial charge in [0, 0.05) is 6.42 Å². The molecule has 0 atom stereocenters. The van der Waals surface area contributed by atoms with Gasteiger partial charge in [-0.15, -0.1) is 0 Å². The third kappa shape index (κ3) is 2.54. The maximum absolute atomic E-state index is 13.1. The van der Waals surface area contributed by atoms with Gasteiger partial charge in [0.2, 0.25) is 5.92 Å². The van der Waals surface area contributed by atoms with Crippen LogP contribution < -0.4 is 5.73 Å². The van der Waals surface area contributed by atoms with Crippen molar-refractivity contribution in [1.29, 1.82) is 0 Å². The molecule has 1 aromatic rings. The molecule has 1 nitrogen and oxygen atoms in total. The first kappa shape index (κ1) is 11.2. The molecule has 0 heterocycles. The van der Waals surface area contributed by atoms with Crippen LogP contribution >= 0.6 is 11.6 Å². The zero-order chi connectivity index (χ0) is 10.9. The highest BCUT2D eigenvalue weighted by atomic mass is 35.5. The predicted molar refractivity (Wildman–Crippen MR) is 50.1 cm³/mol. The number of anilines is 1. The quantitative estimate of drug-likeness (QED) is 0.766. The van der Waals surface area contributed by atoms with Crippen LogP contribution in [-0.4, -0.2) is 5.92 Å². The Balaban J connectivity index is 3.06. The Bertz CT molecular complexity index is 347. The molecule has 14 heavy (non-hydrogen) atoms. The van der Waals surface area contributed by atoms with Gasteiger partial charge in [0.25, 0.3) is 0 Å². The number of alkyl halides is 2. The van der Waals surface area contributed by atoms with Gasteiger partial charge in [-0.25, -0.2) is 13.2 Å². The Labute approximate surface area is 84.7 Å². The standard InChI is InChI=1S/C9H9ClF3N/c1-9(12,13)4-5-2-3-6(14)8(11)7(5)10/h2-3H,4,14H2,1H3. The number of rotatable bonds is 2. The van der Waals surface area contributed by atoms with Crippen LogP contribution in [-0.2, 0) is 6.42 Å². The Morgan fingerprint density at radius 1 is 1.43 bits per heavy atom. The van der Waals surface area contributed by atoms with Gasteiger partial charge < -0.3 is 5.73 Å². The molecule has 5 heteroatoms. The molecule has 0 spiro atoms. The van der Waals surface area contributed by atoms with Gasteiger partial charge in [0.1, 0.15) is 0 Å². The zero-order valence-electron chi connectivity index (χ0n) is 7.45. The number of hydrogen-bond donors (Lipinski definition) is 1. The highest BCUT2D eigenvalue weighted by molar-refractivity contribution is 6.31. The van der Waals surface area contributed by atoms with Crippen molar-refractivity contribution in [3.8, 4) is 0 Å². The van der Waals surface area contributed by atoms with E-state index in [9.17, 15) is 13.2 Å². The fourth-order valence-electron chi connectivity index (χ4n) is 1.08. The SMILES string of the molecule is CC(F)(F)Cc1ccc(N)c(F)c1Cl. The predicted octanol–water partition coefficient (Wildman–Crippen LogP) is 3.26. The minimum atomic E-state index is -2.91. The highest BCUT2D eigenvalue weighted by Crippen LogP contribution is 2.29. The third-order valence-corrected chi connectivity index (χ3v) is 2.10. The first-order valence-corrected chi connectivity index (χ1v) is 4.29. The molecular weight excluding hydrogens is 215 g/mol. The van der Waals surface area contributed by atoms with Crippen molar-refractivity contribution in [2.45, 2.75) is 19.3 Å². The van der Waals surface area contributed by atoms with E-state index in [2.05, 4.69) is 0 Å². The lowest BCUT2D eigenvalue weighted by atomic mass is 10.1. The number of nitrogens with two attached hydrogens (primary N) is 1. The summed E-state index contributed by atoms with van der Waals surface area (Å²) in [6, 6.07) is 2.53. The van der Waals surface area contributed by atoms with Crippen LogP contribution in [0.5, 0.6) is 0 Å². The molecule has 0 aliphatic rings. The molecule has 2 N–H and O–H groups in total. The second-order valence-electron chi connectivity index (χ2n) is 3.19. The van der Waals surface area contributed by atoms with E-state index in [0.717, 1.165) is 6.92 Å². The van der Waals surface area contributed by atoms with Crippen molar-refractivity contribution < 1.29 is 13.2 Å². The minimum absolute atomic E-state index is 0.0610. The van der Waals surface area contributed by atoms with Crippen LogP contribution in [0.1, 0.15) is 12.5 Å². The highest BCUT2D eigenvalue weighted by Gasteiger charge is 2.24. The molecule has 0 amide bonds. The summed E-state index contributed by atoms with van der Waals surface area (Å²) in [7, 11) is 0. The minimum Gasteiger partial charge on any atom is -0.396 e. The van der Waals surface area contributed by atoms with E-state index in [4.69, 9.17) is 17.3 Å². The molecule has 1 aromatic carbocycles. The van der Waals surface area contributed by atoms with Gasteiger partial charge >= 0.3 is 0 Å². The molecule has 78 valence electrons. The normalized spacial score (nSPS) is 11.8. The van der Waals surface area contributed by atoms with Crippen LogP contribution in [0.25, 0.3) is 0 Å². The maximum Gasteiger partial charge on any atom is 0.249 e. The van der Waals surface area contributed by atoms with Crippen LogP contribution in [0.4, 0.5) is 18.9 Å². The number of benzene rings is 1. The van der Waals surface area contributed by atoms with Crippen molar-refractivity contribution in [3.63, 3.8) is 0 Å². The summed E-state index contributed by atoms with van der Waals surface area (Å²) in [5.74, 6) is -3.75. The van der Waals surface area contributed by atoms with Crippen LogP contribution in [0.3, 0.4) is 0 Å². The van der Waals surface area contributed by atoms with Crippen LogP contribution in [0, 0.1) is 5.82 Å². The average molecular weight is 224 g/mol. The Kier molecular flexibility index (Phi) is 2.95. The maximum atomic E-state index is 13.1. The fourth-order valence-corrected chi connectivity index (χ4v) is 1.31. The zero-order valence-corrected chi connectivity index (χ0v) is 8.21.